The van der Waals surface area contributed by atoms with E-state index in [1.807, 2.05) is 0 Å². The molecule has 2 heterocycles. The number of guanidine groups is 2. The van der Waals surface area contributed by atoms with Crippen LogP contribution < -0.4 is 115 Å². The summed E-state index contributed by atoms with van der Waals surface area (Å²) in [6.45, 7) is 9.37. The molecule has 2 aliphatic carbocycles. The Bertz CT molecular complexity index is 3860. The number of aliphatic imine (C=N–C) groups is 2. The maximum Gasteiger partial charge on any atom is 0.248 e. The third-order valence-electron chi connectivity index (χ3n) is 21.5. The number of nitrogens with one attached hydrogen (secondary N) is 13. The first-order chi connectivity index (χ1) is 57.8. The van der Waals surface area contributed by atoms with Crippen molar-refractivity contribution in [2.75, 3.05) is 32.8 Å². The van der Waals surface area contributed by atoms with Gasteiger partial charge in [-0.05, 0) is 162 Å². The molecule has 1 aliphatic heterocycles. The lowest BCUT2D eigenvalue weighted by Crippen LogP contribution is -2.65. The number of primary amides is 3. The molecule has 0 unspecified atom stereocenters. The van der Waals surface area contributed by atoms with E-state index in [9.17, 15) is 91.7 Å². The summed E-state index contributed by atoms with van der Waals surface area (Å²) in [7, 11) is 0. The molecule has 17 amide bonds. The maximum absolute atomic E-state index is 14.8. The summed E-state index contributed by atoms with van der Waals surface area (Å²) in [5.41, 5.74) is 39.6. The highest BCUT2D eigenvalue weighted by Gasteiger charge is 2.45. The van der Waals surface area contributed by atoms with Gasteiger partial charge in [-0.1, -0.05) is 64.2 Å². The molecule has 1 aromatic rings. The summed E-state index contributed by atoms with van der Waals surface area (Å²) in [6.07, 6.45) is 8.38. The highest BCUT2D eigenvalue weighted by Crippen LogP contribution is 2.30. The minimum atomic E-state index is -2.05. The number of nitrogens with two attached hydrogens (primary N) is 8. The van der Waals surface area contributed by atoms with Gasteiger partial charge in [0.15, 0.2) is 11.9 Å². The minimum absolute atomic E-state index is 0.00693. The van der Waals surface area contributed by atoms with E-state index < -0.39 is 215 Å². The van der Waals surface area contributed by atoms with Crippen molar-refractivity contribution in [3.8, 4) is 0 Å². The van der Waals surface area contributed by atoms with E-state index in [0.29, 0.717) is 31.2 Å². The molecule has 3 aliphatic rings. The third-order valence-corrected chi connectivity index (χ3v) is 21.5. The Morgan fingerprint density at radius 2 is 0.894 bits per heavy atom. The van der Waals surface area contributed by atoms with E-state index in [1.165, 1.54) is 58.8 Å². The van der Waals surface area contributed by atoms with Crippen LogP contribution in [0, 0.1) is 11.8 Å². The van der Waals surface area contributed by atoms with Gasteiger partial charge in [0.05, 0.1) is 19.1 Å². The van der Waals surface area contributed by atoms with Gasteiger partial charge >= 0.3 is 0 Å². The van der Waals surface area contributed by atoms with Crippen molar-refractivity contribution in [1.82, 2.24) is 79.0 Å². The molecule has 4 rings (SSSR count). The van der Waals surface area contributed by atoms with Gasteiger partial charge < -0.3 is 130 Å². The number of hydrogen-bond donors (Lipinski definition) is 23. The predicted octanol–water partition coefficient (Wildman–Crippen LogP) is -6.66. The third kappa shape index (κ3) is 36.3. The second kappa shape index (κ2) is 50.8. The predicted molar refractivity (Wildman–Crippen MR) is 450 cm³/mol. The molecule has 0 aromatic carbocycles. The molecular weight excluding hydrogens is 1600 g/mol. The molecule has 1 aromatic heterocycles. The van der Waals surface area contributed by atoms with E-state index in [0.717, 1.165) is 65.2 Å². The number of carbonyl (C=O) groups excluding carboxylic acids is 17. The number of aliphatic hydroxyl groups excluding tert-OH is 2. The number of aliphatic hydroxyl groups is 2. The van der Waals surface area contributed by atoms with Crippen LogP contribution in [0.25, 0.3) is 0 Å². The van der Waals surface area contributed by atoms with Crippen molar-refractivity contribution in [3.63, 3.8) is 0 Å². The SMILES string of the molecule is CC(=O)N[C@@H](CO)C(=O)N1CCC[C@@H]1C(=O)NC(C)(C)C(=O)N[C@@H](Cc1ccncc1)C(=O)N[C@@H](CC1CCCCC1)C(=O)NC(C)(C)C(=O)N[C@@H](CC(N)=O)C(=O)N[C@@H](CCCCN)C(=O)NC(C)(C)C(=O)N[C@H](C(=O)N[C@@H](CCCN=C(N)N)C(=O)N[C@@H](CCC(N)=O)C(=O)N[C@@H](CCCN=C(N)N)C(=O)N[C@@H](CC1CCCCC1)C(N)=O)[C@@H](C)O. The van der Waals surface area contributed by atoms with Crippen LogP contribution in [0.5, 0.6) is 0 Å². The molecule has 3 fully saturated rings. The molecule has 44 heteroatoms. The van der Waals surface area contributed by atoms with Crippen LogP contribution in [0.4, 0.5) is 0 Å². The Kier molecular flexibility index (Phi) is 43.0. The normalized spacial score (nSPS) is 17.1. The Balaban J connectivity index is 1.57. The summed E-state index contributed by atoms with van der Waals surface area (Å²) in [6, 6.07) is -13.2. The van der Waals surface area contributed by atoms with E-state index in [4.69, 9.17) is 45.9 Å². The largest absolute Gasteiger partial charge is 0.394 e. The van der Waals surface area contributed by atoms with Crippen LogP contribution in [0.15, 0.2) is 34.5 Å². The first-order valence-corrected chi connectivity index (χ1v) is 41.9. The van der Waals surface area contributed by atoms with Crippen molar-refractivity contribution in [3.05, 3.63) is 30.1 Å². The van der Waals surface area contributed by atoms with Gasteiger partial charge in [-0.25, -0.2) is 0 Å². The van der Waals surface area contributed by atoms with E-state index >= 15 is 0 Å². The van der Waals surface area contributed by atoms with Crippen molar-refractivity contribution in [2.24, 2.45) is 67.7 Å². The van der Waals surface area contributed by atoms with Crippen molar-refractivity contribution in [1.29, 1.82) is 0 Å². The number of nitrogens with zero attached hydrogens (tertiary/aromatic N) is 4. The van der Waals surface area contributed by atoms with Crippen LogP contribution in [-0.2, 0) is 87.9 Å². The van der Waals surface area contributed by atoms with Gasteiger partial charge in [-0.3, -0.25) is 96.5 Å². The van der Waals surface area contributed by atoms with E-state index in [2.05, 4.69) is 84.1 Å². The molecule has 0 radical (unpaired) electrons. The topological polar surface area (TPSA) is 736 Å². The van der Waals surface area contributed by atoms with Gasteiger partial charge in [-0.15, -0.1) is 0 Å². The van der Waals surface area contributed by atoms with Gasteiger partial charge in [0.1, 0.15) is 83.1 Å². The molecule has 12 atom stereocenters. The van der Waals surface area contributed by atoms with E-state index in [-0.39, 0.29) is 114 Å². The number of aromatic nitrogens is 1. The lowest BCUT2D eigenvalue weighted by Gasteiger charge is -2.33. The average molecular weight is 1740 g/mol. The first kappa shape index (κ1) is 104. The van der Waals surface area contributed by atoms with Gasteiger partial charge in [0, 0.05) is 51.8 Å². The lowest BCUT2D eigenvalue weighted by molar-refractivity contribution is -0.143. The molecular formula is C79H133N25O19. The molecule has 0 bridgehead atoms. The highest BCUT2D eigenvalue weighted by atomic mass is 16.3. The van der Waals surface area contributed by atoms with Crippen molar-refractivity contribution < 1.29 is 91.7 Å². The number of amides is 17. The molecule has 2 saturated carbocycles. The highest BCUT2D eigenvalue weighted by molar-refractivity contribution is 6.03. The number of likely N-dealkylation sites (tertiary alicyclic amines) is 1. The maximum atomic E-state index is 14.8. The second-order valence-corrected chi connectivity index (χ2v) is 33.4. The average Bonchev–Trinajstić information content (AvgIpc) is 1.80. The molecule has 123 heavy (non-hydrogen) atoms. The lowest BCUT2D eigenvalue weighted by atomic mass is 9.84. The Hall–Kier alpha value is -11.4. The molecule has 0 spiro atoms. The fourth-order valence-electron chi connectivity index (χ4n) is 14.5. The van der Waals surface area contributed by atoms with Crippen LogP contribution in [-0.4, -0.2) is 254 Å². The van der Waals surface area contributed by atoms with Gasteiger partial charge in [0.25, 0.3) is 0 Å². The summed E-state index contributed by atoms with van der Waals surface area (Å²) < 4.78 is 0. The smallest absolute Gasteiger partial charge is 0.248 e. The minimum Gasteiger partial charge on any atom is -0.394 e. The van der Waals surface area contributed by atoms with Crippen molar-refractivity contribution >= 4 is 112 Å². The zero-order chi connectivity index (χ0) is 92.1. The van der Waals surface area contributed by atoms with Gasteiger partial charge in [0.2, 0.25) is 100 Å². The summed E-state index contributed by atoms with van der Waals surface area (Å²) in [5, 5.41) is 54.3. The summed E-state index contributed by atoms with van der Waals surface area (Å²) >= 11 is 0. The Morgan fingerprint density at radius 1 is 0.472 bits per heavy atom. The van der Waals surface area contributed by atoms with E-state index in [1.54, 1.807) is 12.1 Å². The zero-order valence-corrected chi connectivity index (χ0v) is 71.8. The van der Waals surface area contributed by atoms with Crippen LogP contribution in [0.2, 0.25) is 0 Å². The standard InChI is InChI=1S/C79H133N25O19/c1-43(106)60(70(119)95-49(26-18-34-90-76(86)87)62(111)94-51(28-29-58(81)108)64(113)92-48(25-17-33-89-75(84)85)63(112)96-52(61(83)110)38-45-20-11-9-12-21-45)100-74(123)79(7,8)101-67(116)50(24-15-16-32-80)93-66(115)55(41-59(82)109)99-72(121)77(3,4)102-68(117)54(39-46-22-13-10-14-23-46)97-65(114)53(40-47-30-35-88-36-31-47)98-73(122)78(5,6)103-69(118)57-27-19-37-104(57)71(120)56(42-105)91-44(2)107/h30-31,35-36,43,45-46,48-57,60,105-106H,9-29,32-34,37-42,80H2,1-8H3,(H2,81,108)(H2,82,109)(H2,83,110)(H,91,107)(H,92,113)(H,93,115)(H,94,111)(H,95,119)(H,96,112)(H,97,114)(H,98,122)(H,99,121)(H,100,123)(H,101,116)(H,102,117)(H,103,118)(H4,84,85,89)(H4,86,87,90)/t43-,48+,49+,50+,51+,52+,53+,54+,55+,56+,57-,60+/m1/s1. The van der Waals surface area contributed by atoms with Crippen molar-refractivity contribution in [2.45, 2.75) is 305 Å². The first-order valence-electron chi connectivity index (χ1n) is 41.9. The van der Waals surface area contributed by atoms with Gasteiger partial charge in [-0.2, -0.15) is 0 Å². The Morgan fingerprint density at radius 3 is 1.36 bits per heavy atom. The quantitative estimate of drug-likeness (QED) is 0.0164. The molecule has 44 nitrogen and oxygen atoms in total. The fourth-order valence-corrected chi connectivity index (χ4v) is 14.5. The second-order valence-electron chi connectivity index (χ2n) is 33.4. The number of rotatable bonds is 52. The number of hydrogen-bond acceptors (Lipinski definition) is 23. The molecule has 688 valence electrons. The number of unbranched alkanes of at least 4 members (excludes halogenated alkanes) is 1. The van der Waals surface area contributed by atoms with Crippen LogP contribution in [0.3, 0.4) is 0 Å². The molecule has 1 saturated heterocycles. The molecule has 31 N–H and O–H groups in total. The fraction of sp³-hybridized carbons (Fsp3) is 0.696. The summed E-state index contributed by atoms with van der Waals surface area (Å²) in [5.74, 6) is -16.5. The number of carbonyl (C=O) groups is 17. The zero-order valence-electron chi connectivity index (χ0n) is 71.8. The number of pyridine rings is 1. The Labute approximate surface area is 715 Å². The summed E-state index contributed by atoms with van der Waals surface area (Å²) in [4.78, 5) is 249. The van der Waals surface area contributed by atoms with Crippen LogP contribution >= 0.6 is 0 Å². The monoisotopic (exact) mass is 1740 g/mol. The van der Waals surface area contributed by atoms with Crippen LogP contribution in [0.1, 0.15) is 215 Å².